The molecule has 88 valence electrons. The van der Waals surface area contributed by atoms with Crippen LogP contribution in [0.1, 0.15) is 35.2 Å². The predicted molar refractivity (Wildman–Crippen MR) is 67.5 cm³/mol. The van der Waals surface area contributed by atoms with Crippen molar-refractivity contribution in [2.45, 2.75) is 25.3 Å². The van der Waals surface area contributed by atoms with Gasteiger partial charge in [-0.05, 0) is 37.5 Å². The zero-order valence-corrected chi connectivity index (χ0v) is 9.70. The third-order valence-electron chi connectivity index (χ3n) is 2.90. The number of carbonyl (C=O) groups is 1. The lowest BCUT2D eigenvalue weighted by molar-refractivity contribution is 0.0917. The molecule has 1 aromatic rings. The molecule has 0 unspecified atom stereocenters. The summed E-state index contributed by atoms with van der Waals surface area (Å²) in [5.41, 5.74) is 6.81. The standard InChI is InChI=1S/C14H16N2O/c15-9-3-5-11-4-1-6-12(10-11)14(17)16-13-7-2-8-13/h1,4,6,10,13H,2,7-9,15H2,(H,16,17). The summed E-state index contributed by atoms with van der Waals surface area (Å²) in [6.07, 6.45) is 3.41. The Bertz CT molecular complexity index is 467. The minimum Gasteiger partial charge on any atom is -0.349 e. The molecular formula is C14H16N2O. The third-order valence-corrected chi connectivity index (χ3v) is 2.90. The highest BCUT2D eigenvalue weighted by Crippen LogP contribution is 2.18. The molecule has 17 heavy (non-hydrogen) atoms. The highest BCUT2D eigenvalue weighted by Gasteiger charge is 2.19. The Kier molecular flexibility index (Phi) is 3.79. The summed E-state index contributed by atoms with van der Waals surface area (Å²) in [7, 11) is 0. The first-order valence-electron chi connectivity index (χ1n) is 5.89. The van der Waals surface area contributed by atoms with Crippen molar-refractivity contribution >= 4 is 5.91 Å². The predicted octanol–water partition coefficient (Wildman–Crippen LogP) is 1.28. The zero-order chi connectivity index (χ0) is 12.1. The van der Waals surface area contributed by atoms with Crippen molar-refractivity contribution in [3.8, 4) is 11.8 Å². The van der Waals surface area contributed by atoms with Gasteiger partial charge in [-0.3, -0.25) is 4.79 Å². The number of amides is 1. The lowest BCUT2D eigenvalue weighted by atomic mass is 9.93. The summed E-state index contributed by atoms with van der Waals surface area (Å²) >= 11 is 0. The van der Waals surface area contributed by atoms with Gasteiger partial charge in [-0.2, -0.15) is 0 Å². The largest absolute Gasteiger partial charge is 0.349 e. The van der Waals surface area contributed by atoms with Gasteiger partial charge in [0.25, 0.3) is 5.91 Å². The molecule has 0 saturated heterocycles. The van der Waals surface area contributed by atoms with Gasteiger partial charge < -0.3 is 11.1 Å². The molecule has 0 radical (unpaired) electrons. The summed E-state index contributed by atoms with van der Waals surface area (Å²) in [6.45, 7) is 0.332. The highest BCUT2D eigenvalue weighted by molar-refractivity contribution is 5.94. The van der Waals surface area contributed by atoms with Crippen molar-refractivity contribution in [2.24, 2.45) is 5.73 Å². The maximum absolute atomic E-state index is 11.9. The van der Waals surface area contributed by atoms with Crippen LogP contribution in [0.4, 0.5) is 0 Å². The molecule has 1 aromatic carbocycles. The molecule has 1 fully saturated rings. The zero-order valence-electron chi connectivity index (χ0n) is 9.70. The van der Waals surface area contributed by atoms with Crippen LogP contribution in [0.15, 0.2) is 24.3 Å². The lowest BCUT2D eigenvalue weighted by Gasteiger charge is -2.26. The van der Waals surface area contributed by atoms with Crippen LogP contribution in [0.25, 0.3) is 0 Å². The van der Waals surface area contributed by atoms with Gasteiger partial charge in [-0.15, -0.1) is 0 Å². The SMILES string of the molecule is NCC#Cc1cccc(C(=O)NC2CCC2)c1. The first-order valence-corrected chi connectivity index (χ1v) is 5.89. The minimum absolute atomic E-state index is 0.00824. The van der Waals surface area contributed by atoms with Crippen LogP contribution in [-0.2, 0) is 0 Å². The second kappa shape index (κ2) is 5.51. The minimum atomic E-state index is -0.00824. The smallest absolute Gasteiger partial charge is 0.251 e. The van der Waals surface area contributed by atoms with Crippen LogP contribution in [-0.4, -0.2) is 18.5 Å². The van der Waals surface area contributed by atoms with E-state index < -0.39 is 0 Å². The quantitative estimate of drug-likeness (QED) is 0.749. The van der Waals surface area contributed by atoms with E-state index in [4.69, 9.17) is 5.73 Å². The Morgan fingerprint density at radius 2 is 2.29 bits per heavy atom. The van der Waals surface area contributed by atoms with Crippen molar-refractivity contribution in [3.63, 3.8) is 0 Å². The molecule has 1 aliphatic carbocycles. The van der Waals surface area contributed by atoms with E-state index in [1.54, 1.807) is 6.07 Å². The van der Waals surface area contributed by atoms with E-state index in [1.165, 1.54) is 6.42 Å². The number of benzene rings is 1. The van der Waals surface area contributed by atoms with Crippen molar-refractivity contribution in [2.75, 3.05) is 6.54 Å². The van der Waals surface area contributed by atoms with E-state index >= 15 is 0 Å². The van der Waals surface area contributed by atoms with Crippen molar-refractivity contribution in [1.29, 1.82) is 0 Å². The molecule has 0 aliphatic heterocycles. The van der Waals surface area contributed by atoms with Crippen LogP contribution in [0.5, 0.6) is 0 Å². The Labute approximate surface area is 101 Å². The highest BCUT2D eigenvalue weighted by atomic mass is 16.1. The van der Waals surface area contributed by atoms with E-state index in [1.807, 2.05) is 18.2 Å². The third kappa shape index (κ3) is 3.08. The normalized spacial score (nSPS) is 14.4. The maximum atomic E-state index is 11.9. The van der Waals surface area contributed by atoms with E-state index in [2.05, 4.69) is 17.2 Å². The molecule has 0 atom stereocenters. The van der Waals surface area contributed by atoms with E-state index in [9.17, 15) is 4.79 Å². The van der Waals surface area contributed by atoms with Crippen LogP contribution >= 0.6 is 0 Å². The molecule has 0 aromatic heterocycles. The van der Waals surface area contributed by atoms with Crippen molar-refractivity contribution < 1.29 is 4.79 Å². The number of nitrogens with one attached hydrogen (secondary N) is 1. The Hall–Kier alpha value is -1.79. The van der Waals surface area contributed by atoms with Gasteiger partial charge in [0.15, 0.2) is 0 Å². The topological polar surface area (TPSA) is 55.1 Å². The summed E-state index contributed by atoms with van der Waals surface area (Å²) in [4.78, 5) is 11.9. The Morgan fingerprint density at radius 3 is 2.94 bits per heavy atom. The Balaban J connectivity index is 2.06. The molecule has 1 amide bonds. The van der Waals surface area contributed by atoms with Gasteiger partial charge in [0, 0.05) is 17.2 Å². The molecule has 3 N–H and O–H groups in total. The summed E-state index contributed by atoms with van der Waals surface area (Å²) in [5.74, 6) is 5.70. The molecule has 1 saturated carbocycles. The van der Waals surface area contributed by atoms with Gasteiger partial charge in [0.2, 0.25) is 0 Å². The van der Waals surface area contributed by atoms with Gasteiger partial charge >= 0.3 is 0 Å². The van der Waals surface area contributed by atoms with Crippen LogP contribution in [0.2, 0.25) is 0 Å². The molecule has 2 rings (SSSR count). The maximum Gasteiger partial charge on any atom is 0.251 e. The van der Waals surface area contributed by atoms with Gasteiger partial charge in [-0.25, -0.2) is 0 Å². The summed E-state index contributed by atoms with van der Waals surface area (Å²) in [6, 6.07) is 7.69. The number of nitrogens with two attached hydrogens (primary N) is 1. The first kappa shape index (κ1) is 11.7. The Morgan fingerprint density at radius 1 is 1.47 bits per heavy atom. The van der Waals surface area contributed by atoms with E-state index in [0.717, 1.165) is 18.4 Å². The second-order valence-corrected chi connectivity index (χ2v) is 4.19. The number of hydrogen-bond donors (Lipinski definition) is 2. The monoisotopic (exact) mass is 228 g/mol. The van der Waals surface area contributed by atoms with Crippen LogP contribution < -0.4 is 11.1 Å². The average molecular weight is 228 g/mol. The van der Waals surface area contributed by atoms with Crippen LogP contribution in [0.3, 0.4) is 0 Å². The molecule has 0 bridgehead atoms. The summed E-state index contributed by atoms with van der Waals surface area (Å²) in [5, 5.41) is 3.00. The lowest BCUT2D eigenvalue weighted by Crippen LogP contribution is -2.39. The van der Waals surface area contributed by atoms with E-state index in [-0.39, 0.29) is 5.91 Å². The molecule has 1 aliphatic rings. The molecule has 0 heterocycles. The van der Waals surface area contributed by atoms with E-state index in [0.29, 0.717) is 18.2 Å². The van der Waals surface area contributed by atoms with Gasteiger partial charge in [0.1, 0.15) is 0 Å². The summed E-state index contributed by atoms with van der Waals surface area (Å²) < 4.78 is 0. The number of carbonyl (C=O) groups excluding carboxylic acids is 1. The van der Waals surface area contributed by atoms with Gasteiger partial charge in [-0.1, -0.05) is 17.9 Å². The number of rotatable bonds is 2. The van der Waals surface area contributed by atoms with Crippen LogP contribution in [0, 0.1) is 11.8 Å². The fourth-order valence-corrected chi connectivity index (χ4v) is 1.71. The molecule has 0 spiro atoms. The molecule has 3 nitrogen and oxygen atoms in total. The number of hydrogen-bond acceptors (Lipinski definition) is 2. The molecule has 3 heteroatoms. The first-order chi connectivity index (χ1) is 8.29. The molecular weight excluding hydrogens is 212 g/mol. The average Bonchev–Trinajstić information content (AvgIpc) is 2.31. The fourth-order valence-electron chi connectivity index (χ4n) is 1.71. The fraction of sp³-hybridized carbons (Fsp3) is 0.357. The second-order valence-electron chi connectivity index (χ2n) is 4.19. The van der Waals surface area contributed by atoms with Crippen molar-refractivity contribution in [3.05, 3.63) is 35.4 Å². The van der Waals surface area contributed by atoms with Gasteiger partial charge in [0.05, 0.1) is 6.54 Å². The van der Waals surface area contributed by atoms with Crippen molar-refractivity contribution in [1.82, 2.24) is 5.32 Å².